The number of nitrogens with zero attached hydrogens (tertiary/aromatic N) is 5. The monoisotopic (exact) mass is 373 g/mol. The minimum absolute atomic E-state index is 0.0790. The lowest BCUT2D eigenvalue weighted by Crippen LogP contribution is -2.51. The van der Waals surface area contributed by atoms with Crippen LogP contribution in [0.1, 0.15) is 36.4 Å². The molecule has 0 radical (unpaired) electrons. The van der Waals surface area contributed by atoms with Crippen molar-refractivity contribution in [2.75, 3.05) is 26.2 Å². The van der Waals surface area contributed by atoms with Crippen LogP contribution in [0.2, 0.25) is 0 Å². The van der Waals surface area contributed by atoms with Gasteiger partial charge in [0.15, 0.2) is 5.66 Å². The summed E-state index contributed by atoms with van der Waals surface area (Å²) in [6, 6.07) is 0. The van der Waals surface area contributed by atoms with Crippen LogP contribution >= 0.6 is 11.3 Å². The summed E-state index contributed by atoms with van der Waals surface area (Å²) < 4.78 is 0. The van der Waals surface area contributed by atoms with E-state index in [0.717, 1.165) is 17.1 Å². The van der Waals surface area contributed by atoms with Gasteiger partial charge in [-0.3, -0.25) is 9.59 Å². The third kappa shape index (κ3) is 4.67. The number of aryl methyl sites for hydroxylation is 1. The Hall–Kier alpha value is -2.27. The number of piperazine rings is 1. The number of rotatable bonds is 7. The van der Waals surface area contributed by atoms with Gasteiger partial charge in [0.1, 0.15) is 5.01 Å². The van der Waals surface area contributed by atoms with E-state index in [1.807, 2.05) is 22.1 Å². The van der Waals surface area contributed by atoms with Crippen LogP contribution in [0.25, 0.3) is 0 Å². The maximum atomic E-state index is 12.4. The molecule has 2 aliphatic heterocycles. The highest BCUT2D eigenvalue weighted by Gasteiger charge is 2.39. The van der Waals surface area contributed by atoms with Crippen molar-refractivity contribution >= 4 is 23.2 Å². The molecule has 7 nitrogen and oxygen atoms in total. The molecule has 1 aromatic heterocycles. The SMILES string of the molecule is C#CCCC1(CCC(=O)N2CCN(C(=O)Cc3nc(C)cs3)CC2)N=N1. The van der Waals surface area contributed by atoms with Gasteiger partial charge in [-0.15, -0.1) is 23.7 Å². The molecule has 0 saturated carbocycles. The van der Waals surface area contributed by atoms with E-state index in [9.17, 15) is 9.59 Å². The van der Waals surface area contributed by atoms with Gasteiger partial charge in [0.2, 0.25) is 11.8 Å². The first-order chi connectivity index (χ1) is 12.5. The van der Waals surface area contributed by atoms with Gasteiger partial charge < -0.3 is 9.80 Å². The molecule has 2 amide bonds. The summed E-state index contributed by atoms with van der Waals surface area (Å²) in [7, 11) is 0. The van der Waals surface area contributed by atoms with Crippen molar-refractivity contribution in [3.63, 3.8) is 0 Å². The maximum Gasteiger partial charge on any atom is 0.229 e. The lowest BCUT2D eigenvalue weighted by molar-refractivity contribution is -0.139. The van der Waals surface area contributed by atoms with Crippen LogP contribution in [-0.2, 0) is 16.0 Å². The van der Waals surface area contributed by atoms with Crippen molar-refractivity contribution in [1.82, 2.24) is 14.8 Å². The number of hydrogen-bond donors (Lipinski definition) is 0. The van der Waals surface area contributed by atoms with E-state index in [1.54, 1.807) is 0 Å². The van der Waals surface area contributed by atoms with Crippen molar-refractivity contribution in [3.8, 4) is 12.3 Å². The number of thiazole rings is 1. The fourth-order valence-electron chi connectivity index (χ4n) is 3.06. The van der Waals surface area contributed by atoms with E-state index in [0.29, 0.717) is 51.9 Å². The zero-order valence-electron chi connectivity index (χ0n) is 15.0. The lowest BCUT2D eigenvalue weighted by Gasteiger charge is -2.35. The first-order valence-electron chi connectivity index (χ1n) is 8.85. The molecule has 0 spiro atoms. The van der Waals surface area contributed by atoms with Crippen molar-refractivity contribution in [3.05, 3.63) is 16.1 Å². The van der Waals surface area contributed by atoms with E-state index < -0.39 is 5.66 Å². The van der Waals surface area contributed by atoms with Crippen molar-refractivity contribution in [2.45, 2.75) is 44.7 Å². The largest absolute Gasteiger partial charge is 0.339 e. The molecule has 0 unspecified atom stereocenters. The minimum atomic E-state index is -0.411. The molecule has 0 N–H and O–H groups in total. The van der Waals surface area contributed by atoms with Crippen LogP contribution in [0.3, 0.4) is 0 Å². The van der Waals surface area contributed by atoms with Crippen molar-refractivity contribution in [1.29, 1.82) is 0 Å². The van der Waals surface area contributed by atoms with Crippen molar-refractivity contribution < 1.29 is 9.59 Å². The molecule has 1 saturated heterocycles. The second-order valence-electron chi connectivity index (χ2n) is 6.71. The first kappa shape index (κ1) is 18.5. The highest BCUT2D eigenvalue weighted by molar-refractivity contribution is 7.09. The van der Waals surface area contributed by atoms with Crippen molar-refractivity contribution in [2.24, 2.45) is 10.2 Å². The average molecular weight is 373 g/mol. The Kier molecular flexibility index (Phi) is 5.67. The van der Waals surface area contributed by atoms with Crippen LogP contribution in [0.4, 0.5) is 0 Å². The summed E-state index contributed by atoms with van der Waals surface area (Å²) in [5.74, 6) is 2.77. The predicted octanol–water partition coefficient (Wildman–Crippen LogP) is 2.02. The molecule has 1 aromatic rings. The van der Waals surface area contributed by atoms with Gasteiger partial charge in [0.05, 0.1) is 6.42 Å². The zero-order chi connectivity index (χ0) is 18.6. The first-order valence-corrected chi connectivity index (χ1v) is 9.73. The molecule has 0 bridgehead atoms. The van der Waals surface area contributed by atoms with Gasteiger partial charge in [-0.05, 0) is 6.92 Å². The van der Waals surface area contributed by atoms with Crippen LogP contribution < -0.4 is 0 Å². The van der Waals surface area contributed by atoms with E-state index in [-0.39, 0.29) is 11.8 Å². The third-order valence-corrected chi connectivity index (χ3v) is 5.71. The number of carbonyl (C=O) groups excluding carboxylic acids is 2. The highest BCUT2D eigenvalue weighted by atomic mass is 32.1. The van der Waals surface area contributed by atoms with Crippen LogP contribution in [-0.4, -0.2) is 58.4 Å². The quantitative estimate of drug-likeness (QED) is 0.686. The Morgan fingerprint density at radius 1 is 1.19 bits per heavy atom. The Balaban J connectivity index is 1.39. The summed E-state index contributed by atoms with van der Waals surface area (Å²) in [5, 5.41) is 10.9. The van der Waals surface area contributed by atoms with Gasteiger partial charge in [0.25, 0.3) is 0 Å². The summed E-state index contributed by atoms with van der Waals surface area (Å²) in [5.41, 5.74) is 0.536. The molecule has 138 valence electrons. The van der Waals surface area contributed by atoms with Crippen LogP contribution in [0, 0.1) is 19.3 Å². The molecule has 3 heterocycles. The highest BCUT2D eigenvalue weighted by Crippen LogP contribution is 2.37. The van der Waals surface area contributed by atoms with Gasteiger partial charge in [-0.2, -0.15) is 10.2 Å². The number of carbonyl (C=O) groups is 2. The number of aromatic nitrogens is 1. The topological polar surface area (TPSA) is 78.2 Å². The van der Waals surface area contributed by atoms with Crippen LogP contribution in [0.15, 0.2) is 15.6 Å². The Labute approximate surface area is 157 Å². The molecule has 3 rings (SSSR count). The summed E-state index contributed by atoms with van der Waals surface area (Å²) in [6.45, 7) is 4.23. The van der Waals surface area contributed by atoms with E-state index >= 15 is 0 Å². The molecule has 0 atom stereocenters. The predicted molar refractivity (Wildman–Crippen MR) is 98.6 cm³/mol. The molecule has 2 aliphatic rings. The molecular formula is C18H23N5O2S. The second kappa shape index (κ2) is 7.96. The van der Waals surface area contributed by atoms with Gasteiger partial charge >= 0.3 is 0 Å². The molecule has 1 fully saturated rings. The second-order valence-corrected chi connectivity index (χ2v) is 7.65. The fourth-order valence-corrected chi connectivity index (χ4v) is 3.83. The smallest absolute Gasteiger partial charge is 0.229 e. The Bertz CT molecular complexity index is 737. The molecule has 0 aliphatic carbocycles. The molecular weight excluding hydrogens is 350 g/mol. The number of terminal acetylenes is 1. The van der Waals surface area contributed by atoms with E-state index in [2.05, 4.69) is 21.1 Å². The summed E-state index contributed by atoms with van der Waals surface area (Å²) in [4.78, 5) is 32.8. The number of amides is 2. The molecule has 8 heteroatoms. The molecule has 26 heavy (non-hydrogen) atoms. The third-order valence-electron chi connectivity index (χ3n) is 4.75. The summed E-state index contributed by atoms with van der Waals surface area (Å²) in [6.07, 6.45) is 8.00. The van der Waals surface area contributed by atoms with Gasteiger partial charge in [-0.1, -0.05) is 0 Å². The van der Waals surface area contributed by atoms with E-state index in [4.69, 9.17) is 6.42 Å². The zero-order valence-corrected chi connectivity index (χ0v) is 15.8. The van der Waals surface area contributed by atoms with Gasteiger partial charge in [0, 0.05) is 62.9 Å². The maximum absolute atomic E-state index is 12.4. The van der Waals surface area contributed by atoms with Gasteiger partial charge in [-0.25, -0.2) is 4.98 Å². The standard InChI is InChI=1S/C18H23N5O2S/c1-3-4-6-18(20-21-18)7-5-16(24)22-8-10-23(11-9-22)17(25)12-15-19-14(2)13-26-15/h1,13H,4-12H2,2H3. The van der Waals surface area contributed by atoms with Crippen LogP contribution in [0.5, 0.6) is 0 Å². The lowest BCUT2D eigenvalue weighted by atomic mass is 10.0. The van der Waals surface area contributed by atoms with E-state index in [1.165, 1.54) is 11.3 Å². The molecule has 0 aromatic carbocycles. The minimum Gasteiger partial charge on any atom is -0.339 e. The Morgan fingerprint density at radius 3 is 2.38 bits per heavy atom. The number of hydrogen-bond acceptors (Lipinski definition) is 6. The fraction of sp³-hybridized carbons (Fsp3) is 0.611. The average Bonchev–Trinajstić information content (AvgIpc) is 3.31. The normalized spacial score (nSPS) is 17.8. The summed E-state index contributed by atoms with van der Waals surface area (Å²) >= 11 is 1.51. The Morgan fingerprint density at radius 2 is 1.85 bits per heavy atom.